The summed E-state index contributed by atoms with van der Waals surface area (Å²) in [6, 6.07) is 7.44. The molecule has 0 bridgehead atoms. The van der Waals surface area contributed by atoms with Gasteiger partial charge in [0.25, 0.3) is 0 Å². The molecule has 19 heavy (non-hydrogen) atoms. The van der Waals surface area contributed by atoms with Gasteiger partial charge in [-0.05, 0) is 48.3 Å². The van der Waals surface area contributed by atoms with Crippen molar-refractivity contribution in [3.05, 3.63) is 34.1 Å². The SMILES string of the molecule is CC(C)(C)N1C[C@H](c2cccc(F)c2Br)[C@@H](C#N)C1. The summed E-state index contributed by atoms with van der Waals surface area (Å²) < 4.78 is 14.1. The number of benzene rings is 1. The van der Waals surface area contributed by atoms with Gasteiger partial charge in [0.1, 0.15) is 5.82 Å². The smallest absolute Gasteiger partial charge is 0.137 e. The third kappa shape index (κ3) is 2.82. The number of hydrogen-bond acceptors (Lipinski definition) is 2. The number of rotatable bonds is 1. The molecule has 1 saturated heterocycles. The van der Waals surface area contributed by atoms with Crippen LogP contribution in [0.15, 0.2) is 22.7 Å². The average Bonchev–Trinajstić information content (AvgIpc) is 2.76. The molecular formula is C15H18BrFN2. The minimum absolute atomic E-state index is 0.0314. The largest absolute Gasteiger partial charge is 0.297 e. The highest BCUT2D eigenvalue weighted by molar-refractivity contribution is 9.10. The van der Waals surface area contributed by atoms with E-state index in [1.807, 2.05) is 6.07 Å². The molecule has 1 aliphatic rings. The van der Waals surface area contributed by atoms with Gasteiger partial charge in [-0.15, -0.1) is 0 Å². The normalized spacial score (nSPS) is 24.4. The molecule has 1 aliphatic heterocycles. The Hall–Kier alpha value is -0.920. The van der Waals surface area contributed by atoms with Crippen LogP contribution in [0, 0.1) is 23.1 Å². The van der Waals surface area contributed by atoms with Crippen LogP contribution >= 0.6 is 15.9 Å². The van der Waals surface area contributed by atoms with Crippen LogP contribution in [0.4, 0.5) is 4.39 Å². The molecule has 2 atom stereocenters. The maximum atomic E-state index is 13.7. The number of hydrogen-bond donors (Lipinski definition) is 0. The van der Waals surface area contributed by atoms with Crippen molar-refractivity contribution in [1.29, 1.82) is 5.26 Å². The molecule has 2 nitrogen and oxygen atoms in total. The van der Waals surface area contributed by atoms with E-state index < -0.39 is 0 Å². The maximum Gasteiger partial charge on any atom is 0.137 e. The molecule has 0 unspecified atom stereocenters. The van der Waals surface area contributed by atoms with E-state index in [-0.39, 0.29) is 23.2 Å². The average molecular weight is 325 g/mol. The number of halogens is 2. The molecule has 0 radical (unpaired) electrons. The van der Waals surface area contributed by atoms with Crippen LogP contribution < -0.4 is 0 Å². The van der Waals surface area contributed by atoms with E-state index in [1.165, 1.54) is 6.07 Å². The maximum absolute atomic E-state index is 13.7. The molecule has 1 aromatic rings. The molecule has 1 heterocycles. The summed E-state index contributed by atoms with van der Waals surface area (Å²) in [6.07, 6.45) is 0. The lowest BCUT2D eigenvalue weighted by Gasteiger charge is -2.31. The van der Waals surface area contributed by atoms with Gasteiger partial charge in [0.2, 0.25) is 0 Å². The fourth-order valence-electron chi connectivity index (χ4n) is 2.60. The lowest BCUT2D eigenvalue weighted by atomic mass is 9.90. The Morgan fingerprint density at radius 1 is 1.37 bits per heavy atom. The molecule has 0 N–H and O–H groups in total. The van der Waals surface area contributed by atoms with Crippen LogP contribution in [0.5, 0.6) is 0 Å². The van der Waals surface area contributed by atoms with Crippen LogP contribution in [0.3, 0.4) is 0 Å². The Morgan fingerprint density at radius 3 is 2.63 bits per heavy atom. The van der Waals surface area contributed by atoms with E-state index in [1.54, 1.807) is 6.07 Å². The van der Waals surface area contributed by atoms with Crippen molar-refractivity contribution in [2.24, 2.45) is 5.92 Å². The number of nitrogens with zero attached hydrogens (tertiary/aromatic N) is 2. The predicted octanol–water partition coefficient (Wildman–Crippen LogP) is 3.93. The molecule has 4 heteroatoms. The summed E-state index contributed by atoms with van der Waals surface area (Å²) in [6.45, 7) is 7.97. The Morgan fingerprint density at radius 2 is 2.05 bits per heavy atom. The molecule has 1 fully saturated rings. The van der Waals surface area contributed by atoms with Gasteiger partial charge in [-0.1, -0.05) is 12.1 Å². The van der Waals surface area contributed by atoms with Crippen LogP contribution in [0.25, 0.3) is 0 Å². The van der Waals surface area contributed by atoms with Crippen molar-refractivity contribution in [2.45, 2.75) is 32.2 Å². The molecule has 0 aliphatic carbocycles. The molecular weight excluding hydrogens is 307 g/mol. The molecule has 102 valence electrons. The first kappa shape index (κ1) is 14.5. The Labute approximate surface area is 122 Å². The summed E-state index contributed by atoms with van der Waals surface area (Å²) >= 11 is 3.31. The first-order valence-electron chi connectivity index (χ1n) is 6.43. The zero-order valence-corrected chi connectivity index (χ0v) is 13.0. The molecule has 0 aromatic heterocycles. The first-order valence-corrected chi connectivity index (χ1v) is 7.22. The van der Waals surface area contributed by atoms with E-state index >= 15 is 0 Å². The van der Waals surface area contributed by atoms with Crippen LogP contribution in [-0.4, -0.2) is 23.5 Å². The summed E-state index contributed by atoms with van der Waals surface area (Å²) in [5.74, 6) is -0.282. The van der Waals surface area contributed by atoms with E-state index in [0.29, 0.717) is 4.47 Å². The molecule has 2 rings (SSSR count). The summed E-state index contributed by atoms with van der Waals surface area (Å²) in [5.41, 5.74) is 0.933. The molecule has 1 aromatic carbocycles. The minimum Gasteiger partial charge on any atom is -0.297 e. The van der Waals surface area contributed by atoms with E-state index in [0.717, 1.165) is 18.7 Å². The van der Waals surface area contributed by atoms with Crippen LogP contribution in [-0.2, 0) is 0 Å². The van der Waals surface area contributed by atoms with Gasteiger partial charge in [0, 0.05) is 24.5 Å². The Bertz CT molecular complexity index is 516. The second-order valence-corrected chi connectivity index (χ2v) is 6.85. The van der Waals surface area contributed by atoms with Crippen molar-refractivity contribution in [3.63, 3.8) is 0 Å². The van der Waals surface area contributed by atoms with Gasteiger partial charge < -0.3 is 0 Å². The van der Waals surface area contributed by atoms with Gasteiger partial charge in [-0.25, -0.2) is 4.39 Å². The van der Waals surface area contributed by atoms with Gasteiger partial charge in [-0.2, -0.15) is 5.26 Å². The second-order valence-electron chi connectivity index (χ2n) is 6.06. The van der Waals surface area contributed by atoms with Gasteiger partial charge >= 0.3 is 0 Å². The molecule has 0 saturated carbocycles. The number of likely N-dealkylation sites (tertiary alicyclic amines) is 1. The fraction of sp³-hybridized carbons (Fsp3) is 0.533. The highest BCUT2D eigenvalue weighted by atomic mass is 79.9. The highest BCUT2D eigenvalue weighted by Crippen LogP contribution is 2.39. The van der Waals surface area contributed by atoms with Crippen molar-refractivity contribution >= 4 is 15.9 Å². The standard InChI is InChI=1S/C15H18BrFN2/c1-15(2,3)19-8-10(7-18)12(9-19)11-5-4-6-13(17)14(11)16/h4-6,10,12H,8-9H2,1-3H3/t10-,12-/m0/s1. The third-order valence-corrected chi connectivity index (χ3v) is 4.65. The highest BCUT2D eigenvalue weighted by Gasteiger charge is 2.39. The minimum atomic E-state index is -0.261. The fourth-order valence-corrected chi connectivity index (χ4v) is 3.16. The predicted molar refractivity (Wildman–Crippen MR) is 77.3 cm³/mol. The van der Waals surface area contributed by atoms with Gasteiger partial charge in [-0.3, -0.25) is 4.90 Å². The molecule has 0 spiro atoms. The zero-order valence-electron chi connectivity index (χ0n) is 11.5. The summed E-state index contributed by atoms with van der Waals surface area (Å²) in [4.78, 5) is 2.29. The van der Waals surface area contributed by atoms with Crippen molar-refractivity contribution in [2.75, 3.05) is 13.1 Å². The van der Waals surface area contributed by atoms with Crippen molar-refractivity contribution in [3.8, 4) is 6.07 Å². The van der Waals surface area contributed by atoms with Gasteiger partial charge in [0.15, 0.2) is 0 Å². The Kier molecular flexibility index (Phi) is 3.98. The topological polar surface area (TPSA) is 27.0 Å². The second kappa shape index (κ2) is 5.22. The summed E-state index contributed by atoms with van der Waals surface area (Å²) in [5, 5.41) is 9.36. The van der Waals surface area contributed by atoms with Crippen LogP contribution in [0.2, 0.25) is 0 Å². The van der Waals surface area contributed by atoms with Crippen molar-refractivity contribution < 1.29 is 4.39 Å². The quantitative estimate of drug-likeness (QED) is 0.782. The summed E-state index contributed by atoms with van der Waals surface area (Å²) in [7, 11) is 0. The molecule has 0 amide bonds. The first-order chi connectivity index (χ1) is 8.84. The van der Waals surface area contributed by atoms with E-state index in [2.05, 4.69) is 47.7 Å². The van der Waals surface area contributed by atoms with E-state index in [9.17, 15) is 9.65 Å². The van der Waals surface area contributed by atoms with Crippen molar-refractivity contribution in [1.82, 2.24) is 4.90 Å². The lowest BCUT2D eigenvalue weighted by molar-refractivity contribution is 0.170. The Balaban J connectivity index is 2.34. The van der Waals surface area contributed by atoms with Crippen LogP contribution in [0.1, 0.15) is 32.3 Å². The number of nitriles is 1. The van der Waals surface area contributed by atoms with Gasteiger partial charge in [0.05, 0.1) is 16.5 Å². The third-order valence-electron chi connectivity index (χ3n) is 3.82. The zero-order chi connectivity index (χ0) is 14.2. The van der Waals surface area contributed by atoms with E-state index in [4.69, 9.17) is 0 Å². The lowest BCUT2D eigenvalue weighted by Crippen LogP contribution is -2.39. The monoisotopic (exact) mass is 324 g/mol.